The average Bonchev–Trinajstić information content (AvgIpc) is 2.73. The summed E-state index contributed by atoms with van der Waals surface area (Å²) in [5, 5.41) is 9.75. The van der Waals surface area contributed by atoms with Crippen LogP contribution in [0.2, 0.25) is 0 Å². The third-order valence-corrected chi connectivity index (χ3v) is 4.16. The molecule has 0 aromatic carbocycles. The Labute approximate surface area is 118 Å². The van der Waals surface area contributed by atoms with Crippen molar-refractivity contribution in [2.75, 3.05) is 6.61 Å². The van der Waals surface area contributed by atoms with E-state index in [1.54, 1.807) is 0 Å². The van der Waals surface area contributed by atoms with E-state index in [-0.39, 0.29) is 12.1 Å². The summed E-state index contributed by atoms with van der Waals surface area (Å²) in [7, 11) is 0. The Morgan fingerprint density at radius 3 is 1.95 bits per heavy atom. The fraction of sp³-hybridized carbons (Fsp3) is 1.00. The molecule has 0 aliphatic carbocycles. The molecular weight excluding hydrogens is 238 g/mol. The quantitative estimate of drug-likeness (QED) is 0.566. The summed E-state index contributed by atoms with van der Waals surface area (Å²) < 4.78 is 5.49. The zero-order chi connectivity index (χ0) is 13.9. The third-order valence-electron chi connectivity index (χ3n) is 4.16. The highest BCUT2D eigenvalue weighted by Gasteiger charge is 2.32. The minimum atomic E-state index is -0.446. The van der Waals surface area contributed by atoms with Crippen molar-refractivity contribution in [1.29, 1.82) is 0 Å². The number of rotatable bonds is 11. The van der Waals surface area contributed by atoms with Gasteiger partial charge in [0.1, 0.15) is 0 Å². The lowest BCUT2D eigenvalue weighted by Crippen LogP contribution is -2.36. The molecule has 114 valence electrons. The molecule has 19 heavy (non-hydrogen) atoms. The van der Waals surface area contributed by atoms with Crippen LogP contribution in [-0.4, -0.2) is 30.0 Å². The Kier molecular flexibility index (Phi) is 9.48. The smallest absolute Gasteiger partial charge is 0.0974 e. The van der Waals surface area contributed by atoms with Gasteiger partial charge in [0.2, 0.25) is 0 Å². The summed E-state index contributed by atoms with van der Waals surface area (Å²) in [4.78, 5) is 0. The predicted octanol–water partition coefficient (Wildman–Crippen LogP) is 3.38. The van der Waals surface area contributed by atoms with Crippen LogP contribution in [0.15, 0.2) is 0 Å². The molecule has 0 unspecified atom stereocenters. The molecule has 1 saturated heterocycles. The molecule has 0 radical (unpaired) electrons. The number of aliphatic hydroxyl groups excluding tert-OH is 1. The molecule has 1 heterocycles. The van der Waals surface area contributed by atoms with E-state index < -0.39 is 6.10 Å². The lowest BCUT2D eigenvalue weighted by molar-refractivity contribution is 0.0342. The molecule has 3 N–H and O–H groups in total. The predicted molar refractivity (Wildman–Crippen MR) is 80.2 cm³/mol. The second-order valence-electron chi connectivity index (χ2n) is 6.00. The molecule has 0 aromatic heterocycles. The van der Waals surface area contributed by atoms with Gasteiger partial charge in [0.25, 0.3) is 0 Å². The van der Waals surface area contributed by atoms with E-state index in [1.165, 1.54) is 57.8 Å². The molecule has 1 rings (SSSR count). The van der Waals surface area contributed by atoms with Crippen LogP contribution in [0.25, 0.3) is 0 Å². The van der Waals surface area contributed by atoms with E-state index in [0.29, 0.717) is 6.61 Å². The van der Waals surface area contributed by atoms with Gasteiger partial charge in [-0.05, 0) is 6.42 Å². The van der Waals surface area contributed by atoms with Crippen LogP contribution in [0.4, 0.5) is 0 Å². The van der Waals surface area contributed by atoms with Gasteiger partial charge >= 0.3 is 0 Å². The Morgan fingerprint density at radius 2 is 1.47 bits per heavy atom. The van der Waals surface area contributed by atoms with Gasteiger partial charge in [-0.3, -0.25) is 0 Å². The van der Waals surface area contributed by atoms with Crippen molar-refractivity contribution >= 4 is 0 Å². The highest BCUT2D eigenvalue weighted by molar-refractivity contribution is 4.85. The van der Waals surface area contributed by atoms with E-state index in [2.05, 4.69) is 6.92 Å². The lowest BCUT2D eigenvalue weighted by Gasteiger charge is -2.14. The molecule has 1 fully saturated rings. The fourth-order valence-corrected chi connectivity index (χ4v) is 2.79. The normalized spacial score (nSPS) is 27.0. The van der Waals surface area contributed by atoms with Gasteiger partial charge in [0.05, 0.1) is 24.9 Å². The molecule has 1 aliphatic heterocycles. The summed E-state index contributed by atoms with van der Waals surface area (Å²) in [6, 6.07) is -0.173. The van der Waals surface area contributed by atoms with E-state index >= 15 is 0 Å². The molecule has 0 bridgehead atoms. The Hall–Kier alpha value is -0.120. The third kappa shape index (κ3) is 7.28. The average molecular weight is 271 g/mol. The summed E-state index contributed by atoms with van der Waals surface area (Å²) in [6.45, 7) is 2.78. The van der Waals surface area contributed by atoms with Crippen LogP contribution in [0.3, 0.4) is 0 Å². The first-order valence-corrected chi connectivity index (χ1v) is 8.31. The SMILES string of the molecule is CCCCCCCCCCCC[C@H]1OC[C@H](N)[C@@H]1O. The zero-order valence-corrected chi connectivity index (χ0v) is 12.7. The van der Waals surface area contributed by atoms with Crippen molar-refractivity contribution in [3.05, 3.63) is 0 Å². The molecule has 1 aliphatic rings. The van der Waals surface area contributed by atoms with Crippen molar-refractivity contribution in [3.8, 4) is 0 Å². The molecule has 3 atom stereocenters. The summed E-state index contributed by atoms with van der Waals surface area (Å²) in [5.74, 6) is 0. The topological polar surface area (TPSA) is 55.5 Å². The standard InChI is InChI=1S/C16H33NO2/c1-2-3-4-5-6-7-8-9-10-11-12-15-16(18)14(17)13-19-15/h14-16,18H,2-13,17H2,1H3/t14-,15+,16-/m0/s1. The van der Waals surface area contributed by atoms with Gasteiger partial charge in [0, 0.05) is 0 Å². The summed E-state index contributed by atoms with van der Waals surface area (Å²) in [6.07, 6.45) is 13.9. The summed E-state index contributed by atoms with van der Waals surface area (Å²) >= 11 is 0. The van der Waals surface area contributed by atoms with Gasteiger partial charge in [-0.25, -0.2) is 0 Å². The van der Waals surface area contributed by atoms with E-state index in [4.69, 9.17) is 10.5 Å². The minimum Gasteiger partial charge on any atom is -0.389 e. The molecule has 3 heteroatoms. The van der Waals surface area contributed by atoms with Crippen molar-refractivity contribution in [1.82, 2.24) is 0 Å². The highest BCUT2D eigenvalue weighted by Crippen LogP contribution is 2.19. The van der Waals surface area contributed by atoms with E-state index in [9.17, 15) is 5.11 Å². The number of nitrogens with two attached hydrogens (primary N) is 1. The maximum Gasteiger partial charge on any atom is 0.0974 e. The van der Waals surface area contributed by atoms with Crippen molar-refractivity contribution in [2.24, 2.45) is 5.73 Å². The Morgan fingerprint density at radius 1 is 0.947 bits per heavy atom. The van der Waals surface area contributed by atoms with Gasteiger partial charge in [-0.1, -0.05) is 71.1 Å². The molecule has 0 aromatic rings. The zero-order valence-electron chi connectivity index (χ0n) is 12.7. The molecular formula is C16H33NO2. The minimum absolute atomic E-state index is 0.0101. The second kappa shape index (κ2) is 10.6. The maximum absolute atomic E-state index is 9.75. The van der Waals surface area contributed by atoms with Gasteiger partial charge in [-0.15, -0.1) is 0 Å². The largest absolute Gasteiger partial charge is 0.389 e. The number of hydrogen-bond donors (Lipinski definition) is 2. The van der Waals surface area contributed by atoms with Gasteiger partial charge in [-0.2, -0.15) is 0 Å². The Bertz CT molecular complexity index is 211. The van der Waals surface area contributed by atoms with Crippen LogP contribution in [-0.2, 0) is 4.74 Å². The number of hydrogen-bond acceptors (Lipinski definition) is 3. The van der Waals surface area contributed by atoms with Crippen LogP contribution in [0, 0.1) is 0 Å². The lowest BCUT2D eigenvalue weighted by atomic mass is 10.0. The van der Waals surface area contributed by atoms with Gasteiger partial charge in [0.15, 0.2) is 0 Å². The molecule has 3 nitrogen and oxygen atoms in total. The molecule has 0 saturated carbocycles. The van der Waals surface area contributed by atoms with Crippen LogP contribution >= 0.6 is 0 Å². The number of ether oxygens (including phenoxy) is 1. The molecule has 0 amide bonds. The highest BCUT2D eigenvalue weighted by atomic mass is 16.5. The van der Waals surface area contributed by atoms with E-state index in [0.717, 1.165) is 12.8 Å². The second-order valence-corrected chi connectivity index (χ2v) is 6.00. The van der Waals surface area contributed by atoms with Crippen LogP contribution in [0.1, 0.15) is 77.6 Å². The fourth-order valence-electron chi connectivity index (χ4n) is 2.79. The van der Waals surface area contributed by atoms with Crippen LogP contribution < -0.4 is 5.73 Å². The first-order valence-electron chi connectivity index (χ1n) is 8.31. The maximum atomic E-state index is 9.75. The van der Waals surface area contributed by atoms with Gasteiger partial charge < -0.3 is 15.6 Å². The number of unbranched alkanes of at least 4 members (excludes halogenated alkanes) is 9. The first-order chi connectivity index (χ1) is 9.25. The first kappa shape index (κ1) is 16.9. The molecule has 0 spiro atoms. The van der Waals surface area contributed by atoms with Crippen molar-refractivity contribution in [3.63, 3.8) is 0 Å². The summed E-state index contributed by atoms with van der Waals surface area (Å²) in [5.41, 5.74) is 5.71. The number of aliphatic hydroxyl groups is 1. The van der Waals surface area contributed by atoms with Crippen molar-refractivity contribution in [2.45, 2.75) is 95.8 Å². The van der Waals surface area contributed by atoms with Crippen LogP contribution in [0.5, 0.6) is 0 Å². The Balaban J connectivity index is 1.81. The van der Waals surface area contributed by atoms with E-state index in [1.807, 2.05) is 0 Å². The van der Waals surface area contributed by atoms with Crippen molar-refractivity contribution < 1.29 is 9.84 Å². The monoisotopic (exact) mass is 271 g/mol.